The second kappa shape index (κ2) is 9.33. The van der Waals surface area contributed by atoms with Crippen molar-refractivity contribution in [3.63, 3.8) is 0 Å². The fraction of sp³-hybridized carbons (Fsp3) is 0.233. The Morgan fingerprint density at radius 2 is 1.70 bits per heavy atom. The number of rotatable bonds is 5. The van der Waals surface area contributed by atoms with E-state index in [9.17, 15) is 9.59 Å². The zero-order valence-corrected chi connectivity index (χ0v) is 21.1. The molecule has 3 aromatic carbocycles. The Hall–Kier alpha value is -4.23. The van der Waals surface area contributed by atoms with Crippen LogP contribution in [-0.2, 0) is 20.0 Å². The molecule has 0 saturated heterocycles. The van der Waals surface area contributed by atoms with E-state index in [-0.39, 0.29) is 17.2 Å². The monoisotopic (exact) mass is 491 g/mol. The van der Waals surface area contributed by atoms with Gasteiger partial charge in [0.15, 0.2) is 5.69 Å². The zero-order valence-electron chi connectivity index (χ0n) is 21.1. The molecule has 6 rings (SSSR count). The van der Waals surface area contributed by atoms with Gasteiger partial charge in [-0.05, 0) is 42.7 Å². The molecular weight excluding hydrogens is 462 g/mol. The third kappa shape index (κ3) is 4.11. The summed E-state index contributed by atoms with van der Waals surface area (Å²) in [6.45, 7) is 5.09. The minimum Gasteiger partial charge on any atom is -0.349 e. The summed E-state index contributed by atoms with van der Waals surface area (Å²) in [4.78, 5) is 29.6. The number of nitrogens with one attached hydrogen (secondary N) is 1. The Morgan fingerprint density at radius 1 is 0.973 bits per heavy atom. The molecule has 7 heteroatoms. The van der Waals surface area contributed by atoms with E-state index < -0.39 is 0 Å². The van der Waals surface area contributed by atoms with Crippen LogP contribution in [0.4, 0.5) is 0 Å². The predicted octanol–water partition coefficient (Wildman–Crippen LogP) is 3.97. The van der Waals surface area contributed by atoms with Gasteiger partial charge in [0.05, 0.1) is 5.69 Å². The molecule has 186 valence electrons. The molecule has 3 heterocycles. The van der Waals surface area contributed by atoms with Gasteiger partial charge in [-0.25, -0.2) is 0 Å². The van der Waals surface area contributed by atoms with Gasteiger partial charge in [0.1, 0.15) is 5.52 Å². The number of benzene rings is 3. The van der Waals surface area contributed by atoms with E-state index in [2.05, 4.69) is 39.6 Å². The van der Waals surface area contributed by atoms with Crippen LogP contribution in [0, 0.1) is 6.92 Å². The molecule has 0 saturated carbocycles. The fourth-order valence-electron chi connectivity index (χ4n) is 5.36. The predicted molar refractivity (Wildman–Crippen MR) is 146 cm³/mol. The first-order valence-electron chi connectivity index (χ1n) is 12.7. The van der Waals surface area contributed by atoms with Crippen LogP contribution in [0.25, 0.3) is 27.5 Å². The Balaban J connectivity index is 1.35. The Morgan fingerprint density at radius 3 is 2.51 bits per heavy atom. The summed E-state index contributed by atoms with van der Waals surface area (Å²) in [6.07, 6.45) is 1.02. The van der Waals surface area contributed by atoms with Crippen LogP contribution in [-0.4, -0.2) is 44.8 Å². The van der Waals surface area contributed by atoms with Gasteiger partial charge in [0.25, 0.3) is 11.5 Å². The second-order valence-corrected chi connectivity index (χ2v) is 9.75. The summed E-state index contributed by atoms with van der Waals surface area (Å²) < 4.78 is 3.21. The molecule has 0 atom stereocenters. The quantitative estimate of drug-likeness (QED) is 0.404. The van der Waals surface area contributed by atoms with E-state index in [1.54, 1.807) is 0 Å². The van der Waals surface area contributed by atoms with Crippen molar-refractivity contribution in [1.29, 1.82) is 0 Å². The Labute approximate surface area is 214 Å². The number of nitrogens with zero attached hydrogens (tertiary/aromatic N) is 4. The molecule has 1 aliphatic rings. The van der Waals surface area contributed by atoms with E-state index in [1.165, 1.54) is 15.8 Å². The lowest BCUT2D eigenvalue weighted by molar-refractivity contribution is 0.0942. The molecule has 1 N–H and O–H groups in total. The zero-order chi connectivity index (χ0) is 25.5. The highest BCUT2D eigenvalue weighted by molar-refractivity contribution is 6.16. The lowest BCUT2D eigenvalue weighted by atomic mass is 10.00. The number of carbonyl (C=O) groups excluding carboxylic acids is 1. The van der Waals surface area contributed by atoms with Crippen molar-refractivity contribution in [3.8, 4) is 5.69 Å². The SMILES string of the molecule is Cc1ccc(-n2nc(C(=O)NCCN3CCc4ccccc4C3)c3c4ccccc4n(C)c3c2=O)cc1. The lowest BCUT2D eigenvalue weighted by Gasteiger charge is -2.28. The van der Waals surface area contributed by atoms with Crippen molar-refractivity contribution < 1.29 is 4.79 Å². The number of amides is 1. The third-order valence-corrected chi connectivity index (χ3v) is 7.36. The first kappa shape index (κ1) is 23.2. The molecule has 37 heavy (non-hydrogen) atoms. The van der Waals surface area contributed by atoms with Gasteiger partial charge in [-0.15, -0.1) is 0 Å². The van der Waals surface area contributed by atoms with Crippen molar-refractivity contribution in [3.05, 3.63) is 106 Å². The van der Waals surface area contributed by atoms with Gasteiger partial charge in [-0.3, -0.25) is 14.5 Å². The van der Waals surface area contributed by atoms with E-state index in [0.29, 0.717) is 23.1 Å². The van der Waals surface area contributed by atoms with E-state index >= 15 is 0 Å². The minimum atomic E-state index is -0.278. The third-order valence-electron chi connectivity index (χ3n) is 7.36. The standard InChI is InChI=1S/C30H29N5O2/c1-20-11-13-23(14-12-20)35-30(37)28-26(24-9-5-6-10-25(24)33(28)2)27(32-35)29(36)31-16-18-34-17-15-21-7-3-4-8-22(21)19-34/h3-14H,15-19H2,1-2H3,(H,31,36). The average Bonchev–Trinajstić information content (AvgIpc) is 3.22. The van der Waals surface area contributed by atoms with Gasteiger partial charge < -0.3 is 9.88 Å². The number of aromatic nitrogens is 3. The molecule has 0 aliphatic carbocycles. The van der Waals surface area contributed by atoms with E-state index in [1.807, 2.05) is 67.1 Å². The second-order valence-electron chi connectivity index (χ2n) is 9.75. The Kier molecular flexibility index (Phi) is 5.85. The maximum absolute atomic E-state index is 13.6. The van der Waals surface area contributed by atoms with Gasteiger partial charge >= 0.3 is 0 Å². The van der Waals surface area contributed by atoms with Gasteiger partial charge in [0.2, 0.25) is 0 Å². The molecule has 7 nitrogen and oxygen atoms in total. The minimum absolute atomic E-state index is 0.249. The summed E-state index contributed by atoms with van der Waals surface area (Å²) >= 11 is 0. The number of hydrogen-bond donors (Lipinski definition) is 1. The largest absolute Gasteiger partial charge is 0.349 e. The Bertz CT molecular complexity index is 1700. The number of fused-ring (bicyclic) bond motifs is 4. The molecule has 1 amide bonds. The van der Waals surface area contributed by atoms with Gasteiger partial charge in [-0.2, -0.15) is 9.78 Å². The maximum Gasteiger partial charge on any atom is 0.296 e. The van der Waals surface area contributed by atoms with Crippen molar-refractivity contribution in [2.45, 2.75) is 19.9 Å². The molecule has 0 fully saturated rings. The molecule has 5 aromatic rings. The van der Waals surface area contributed by atoms with Crippen LogP contribution < -0.4 is 10.9 Å². The molecular formula is C30H29N5O2. The van der Waals surface area contributed by atoms with Crippen LogP contribution in [0.2, 0.25) is 0 Å². The normalized spacial score (nSPS) is 13.7. The molecule has 2 aromatic heterocycles. The van der Waals surface area contributed by atoms with Crippen molar-refractivity contribution in [1.82, 2.24) is 24.6 Å². The lowest BCUT2D eigenvalue weighted by Crippen LogP contribution is -2.38. The van der Waals surface area contributed by atoms with Crippen molar-refractivity contribution >= 4 is 27.7 Å². The average molecular weight is 492 g/mol. The summed E-state index contributed by atoms with van der Waals surface area (Å²) in [7, 11) is 1.86. The van der Waals surface area contributed by atoms with E-state index in [0.717, 1.165) is 42.5 Å². The van der Waals surface area contributed by atoms with Crippen molar-refractivity contribution in [2.24, 2.45) is 7.05 Å². The van der Waals surface area contributed by atoms with Crippen LogP contribution >= 0.6 is 0 Å². The molecule has 1 aliphatic heterocycles. The number of hydrogen-bond acceptors (Lipinski definition) is 4. The number of carbonyl (C=O) groups is 1. The van der Waals surface area contributed by atoms with Gasteiger partial charge in [-0.1, -0.05) is 60.2 Å². The molecule has 0 radical (unpaired) electrons. The van der Waals surface area contributed by atoms with Gasteiger partial charge in [0, 0.05) is 49.5 Å². The van der Waals surface area contributed by atoms with Crippen LogP contribution in [0.1, 0.15) is 27.2 Å². The molecule has 0 spiro atoms. The van der Waals surface area contributed by atoms with Crippen LogP contribution in [0.3, 0.4) is 0 Å². The topological polar surface area (TPSA) is 72.2 Å². The molecule has 0 bridgehead atoms. The highest BCUT2D eigenvalue weighted by atomic mass is 16.2. The summed E-state index contributed by atoms with van der Waals surface area (Å²) in [5, 5.41) is 9.14. The maximum atomic E-state index is 13.6. The number of aryl methyl sites for hydroxylation is 2. The molecule has 0 unspecified atom stereocenters. The summed E-state index contributed by atoms with van der Waals surface area (Å²) in [5.41, 5.74) is 5.84. The smallest absolute Gasteiger partial charge is 0.296 e. The fourth-order valence-corrected chi connectivity index (χ4v) is 5.36. The van der Waals surface area contributed by atoms with Crippen LogP contribution in [0.15, 0.2) is 77.6 Å². The van der Waals surface area contributed by atoms with E-state index in [4.69, 9.17) is 0 Å². The highest BCUT2D eigenvalue weighted by Gasteiger charge is 2.23. The first-order valence-corrected chi connectivity index (χ1v) is 12.7. The summed E-state index contributed by atoms with van der Waals surface area (Å²) in [6, 6.07) is 23.9. The highest BCUT2D eigenvalue weighted by Crippen LogP contribution is 2.28. The summed E-state index contributed by atoms with van der Waals surface area (Å²) in [5.74, 6) is -0.278. The van der Waals surface area contributed by atoms with Crippen molar-refractivity contribution in [2.75, 3.05) is 19.6 Å². The number of para-hydroxylation sites is 1. The first-order chi connectivity index (χ1) is 18.0. The van der Waals surface area contributed by atoms with Crippen LogP contribution in [0.5, 0.6) is 0 Å².